The molecule has 0 bridgehead atoms. The molecule has 0 radical (unpaired) electrons. The third-order valence-electron chi connectivity index (χ3n) is 6.36. The lowest BCUT2D eigenvalue weighted by Gasteiger charge is -2.30. The smallest absolute Gasteiger partial charge is 0.338 e. The SMILES string of the molecule is CCOC(=O)c1ccc(N(C(=O)c2ccc(N)cc2)C(=O)c2cc(C(C)(C)C)c(OC)c(C(C)(C)C)c2)cc1. The van der Waals surface area contributed by atoms with Crippen LogP contribution >= 0.6 is 0 Å². The van der Waals surface area contributed by atoms with Gasteiger partial charge in [-0.1, -0.05) is 41.5 Å². The van der Waals surface area contributed by atoms with Gasteiger partial charge in [0.05, 0.1) is 25.0 Å². The molecule has 0 saturated heterocycles. The zero-order chi connectivity index (χ0) is 29.1. The van der Waals surface area contributed by atoms with Crippen molar-refractivity contribution < 1.29 is 23.9 Å². The lowest BCUT2D eigenvalue weighted by molar-refractivity contribution is 0.0526. The molecule has 7 nitrogen and oxygen atoms in total. The Balaban J connectivity index is 2.23. The summed E-state index contributed by atoms with van der Waals surface area (Å²) < 4.78 is 10.9. The first kappa shape index (κ1) is 29.4. The van der Waals surface area contributed by atoms with E-state index < -0.39 is 17.8 Å². The fraction of sp³-hybridized carbons (Fsp3) is 0.344. The third kappa shape index (κ3) is 6.48. The molecule has 0 aromatic heterocycles. The van der Waals surface area contributed by atoms with Gasteiger partial charge in [0.2, 0.25) is 0 Å². The van der Waals surface area contributed by atoms with Crippen LogP contribution < -0.4 is 15.4 Å². The summed E-state index contributed by atoms with van der Waals surface area (Å²) in [4.78, 5) is 41.4. The second-order valence-electron chi connectivity index (χ2n) is 11.4. The number of esters is 1. The van der Waals surface area contributed by atoms with Crippen LogP contribution in [-0.2, 0) is 15.6 Å². The number of amides is 2. The molecule has 7 heteroatoms. The van der Waals surface area contributed by atoms with Crippen molar-refractivity contribution in [1.82, 2.24) is 0 Å². The maximum Gasteiger partial charge on any atom is 0.338 e. The van der Waals surface area contributed by atoms with E-state index in [9.17, 15) is 14.4 Å². The van der Waals surface area contributed by atoms with Gasteiger partial charge in [-0.3, -0.25) is 9.59 Å². The van der Waals surface area contributed by atoms with Crippen molar-refractivity contribution in [3.63, 3.8) is 0 Å². The van der Waals surface area contributed by atoms with E-state index in [1.54, 1.807) is 74.7 Å². The van der Waals surface area contributed by atoms with Gasteiger partial charge in [0, 0.05) is 27.9 Å². The van der Waals surface area contributed by atoms with Crippen LogP contribution in [-0.4, -0.2) is 31.5 Å². The van der Waals surface area contributed by atoms with Crippen molar-refractivity contribution in [3.8, 4) is 5.75 Å². The summed E-state index contributed by atoms with van der Waals surface area (Å²) in [6, 6.07) is 16.2. The van der Waals surface area contributed by atoms with Gasteiger partial charge in [-0.05, 0) is 78.4 Å². The van der Waals surface area contributed by atoms with Gasteiger partial charge >= 0.3 is 5.97 Å². The van der Waals surface area contributed by atoms with E-state index in [1.807, 2.05) is 0 Å². The number of anilines is 2. The van der Waals surface area contributed by atoms with E-state index in [0.29, 0.717) is 28.1 Å². The fourth-order valence-corrected chi connectivity index (χ4v) is 4.26. The fourth-order valence-electron chi connectivity index (χ4n) is 4.26. The van der Waals surface area contributed by atoms with E-state index >= 15 is 0 Å². The minimum Gasteiger partial charge on any atom is -0.496 e. The molecule has 39 heavy (non-hydrogen) atoms. The Labute approximate surface area is 230 Å². The number of imide groups is 1. The highest BCUT2D eigenvalue weighted by Crippen LogP contribution is 2.41. The Morgan fingerprint density at radius 1 is 0.744 bits per heavy atom. The van der Waals surface area contributed by atoms with Crippen LogP contribution in [0.25, 0.3) is 0 Å². The van der Waals surface area contributed by atoms with Crippen LogP contribution in [0.3, 0.4) is 0 Å². The molecule has 0 aliphatic heterocycles. The van der Waals surface area contributed by atoms with Crippen molar-refractivity contribution in [1.29, 1.82) is 0 Å². The monoisotopic (exact) mass is 530 g/mol. The Morgan fingerprint density at radius 3 is 1.64 bits per heavy atom. The third-order valence-corrected chi connectivity index (χ3v) is 6.36. The van der Waals surface area contributed by atoms with Crippen LogP contribution in [0.15, 0.2) is 60.7 Å². The average molecular weight is 531 g/mol. The molecule has 0 spiro atoms. The van der Waals surface area contributed by atoms with Gasteiger partial charge in [0.25, 0.3) is 11.8 Å². The van der Waals surface area contributed by atoms with Crippen LogP contribution in [0.4, 0.5) is 11.4 Å². The molecule has 0 aliphatic rings. The lowest BCUT2D eigenvalue weighted by Crippen LogP contribution is -2.37. The summed E-state index contributed by atoms with van der Waals surface area (Å²) in [5.74, 6) is -0.776. The van der Waals surface area contributed by atoms with Gasteiger partial charge in [0.1, 0.15) is 5.75 Å². The van der Waals surface area contributed by atoms with Crippen molar-refractivity contribution >= 4 is 29.2 Å². The van der Waals surface area contributed by atoms with E-state index in [4.69, 9.17) is 15.2 Å². The second kappa shape index (κ2) is 11.3. The standard InChI is InChI=1S/C32H38N2O5/c1-9-39-30(37)21-12-16-24(17-13-21)34(28(35)20-10-14-23(33)15-11-20)29(36)22-18-25(31(2,3)4)27(38-8)26(19-22)32(5,6)7/h10-19H,9,33H2,1-8H3. The number of carbonyl (C=O) groups is 3. The normalized spacial score (nSPS) is 11.6. The van der Waals surface area contributed by atoms with E-state index in [-0.39, 0.29) is 17.4 Å². The molecule has 0 aliphatic carbocycles. The van der Waals surface area contributed by atoms with Crippen LogP contribution in [0.1, 0.15) is 90.7 Å². The lowest BCUT2D eigenvalue weighted by atomic mass is 9.78. The summed E-state index contributed by atoms with van der Waals surface area (Å²) in [7, 11) is 1.63. The zero-order valence-corrected chi connectivity index (χ0v) is 24.0. The largest absolute Gasteiger partial charge is 0.496 e. The minimum absolute atomic E-state index is 0.241. The average Bonchev–Trinajstić information content (AvgIpc) is 2.87. The van der Waals surface area contributed by atoms with Crippen molar-refractivity contribution in [2.24, 2.45) is 0 Å². The number of benzene rings is 3. The highest BCUT2D eigenvalue weighted by Gasteiger charge is 2.32. The summed E-state index contributed by atoms with van der Waals surface area (Å²) in [5.41, 5.74) is 8.66. The second-order valence-corrected chi connectivity index (χ2v) is 11.4. The molecule has 206 valence electrons. The molecular formula is C32H38N2O5. The number of ether oxygens (including phenoxy) is 2. The number of hydrogen-bond acceptors (Lipinski definition) is 6. The first-order chi connectivity index (χ1) is 18.2. The summed E-state index contributed by atoms with van der Waals surface area (Å²) in [5, 5.41) is 0. The van der Waals surface area contributed by atoms with Crippen LogP contribution in [0.2, 0.25) is 0 Å². The van der Waals surface area contributed by atoms with Gasteiger partial charge in [-0.2, -0.15) is 0 Å². The van der Waals surface area contributed by atoms with Crippen LogP contribution in [0, 0.1) is 0 Å². The maximum atomic E-state index is 14.3. The summed E-state index contributed by atoms with van der Waals surface area (Å²) >= 11 is 0. The number of carbonyl (C=O) groups excluding carboxylic acids is 3. The Hall–Kier alpha value is -4.13. The molecule has 3 aromatic rings. The molecule has 2 N–H and O–H groups in total. The predicted octanol–water partition coefficient (Wildman–Crippen LogP) is 6.54. The highest BCUT2D eigenvalue weighted by molar-refractivity contribution is 6.26. The number of nitrogens with two attached hydrogens (primary N) is 1. The molecule has 0 unspecified atom stereocenters. The maximum absolute atomic E-state index is 14.3. The molecule has 0 fully saturated rings. The van der Waals surface area contributed by atoms with Gasteiger partial charge < -0.3 is 15.2 Å². The van der Waals surface area contributed by atoms with E-state index in [1.165, 1.54) is 0 Å². The van der Waals surface area contributed by atoms with Crippen molar-refractivity contribution in [2.75, 3.05) is 24.4 Å². The molecule has 2 amide bonds. The van der Waals surface area contributed by atoms with Gasteiger partial charge in [-0.15, -0.1) is 0 Å². The molecule has 0 atom stereocenters. The Bertz CT molecular complexity index is 1330. The van der Waals surface area contributed by atoms with Gasteiger partial charge in [0.15, 0.2) is 0 Å². The van der Waals surface area contributed by atoms with Crippen LogP contribution in [0.5, 0.6) is 5.75 Å². The summed E-state index contributed by atoms with van der Waals surface area (Å²) in [6.45, 7) is 14.3. The number of nitrogen functional groups attached to an aromatic ring is 1. The van der Waals surface area contributed by atoms with Gasteiger partial charge in [-0.25, -0.2) is 9.69 Å². The number of methoxy groups -OCH3 is 1. The zero-order valence-electron chi connectivity index (χ0n) is 24.0. The van der Waals surface area contributed by atoms with E-state index in [0.717, 1.165) is 21.8 Å². The quantitative estimate of drug-likeness (QED) is 0.221. The minimum atomic E-state index is -0.519. The predicted molar refractivity (Wildman–Crippen MR) is 155 cm³/mol. The first-order valence-electron chi connectivity index (χ1n) is 12.9. The molecule has 3 rings (SSSR count). The van der Waals surface area contributed by atoms with E-state index in [2.05, 4.69) is 41.5 Å². The van der Waals surface area contributed by atoms with Crippen molar-refractivity contribution in [2.45, 2.75) is 59.3 Å². The molecule has 0 heterocycles. The molecule has 3 aromatic carbocycles. The molecule has 0 saturated carbocycles. The highest BCUT2D eigenvalue weighted by atomic mass is 16.5. The topological polar surface area (TPSA) is 98.9 Å². The number of hydrogen-bond donors (Lipinski definition) is 1. The number of nitrogens with zero attached hydrogens (tertiary/aromatic N) is 1. The first-order valence-corrected chi connectivity index (χ1v) is 12.9. The number of rotatable bonds is 6. The Morgan fingerprint density at radius 2 is 1.21 bits per heavy atom. The van der Waals surface area contributed by atoms with Crippen molar-refractivity contribution in [3.05, 3.63) is 88.5 Å². The summed E-state index contributed by atoms with van der Waals surface area (Å²) in [6.07, 6.45) is 0. The molecular weight excluding hydrogens is 492 g/mol. The Kier molecular flexibility index (Phi) is 8.54.